The van der Waals surface area contributed by atoms with Gasteiger partial charge in [0.25, 0.3) is 0 Å². The molecule has 0 aromatic heterocycles. The molecule has 2 nitrogen and oxygen atoms in total. The number of hydrogen-bond acceptors (Lipinski definition) is 2. The van der Waals surface area contributed by atoms with E-state index in [1.54, 1.807) is 24.3 Å². The molecule has 0 aliphatic carbocycles. The molecule has 0 saturated heterocycles. The summed E-state index contributed by atoms with van der Waals surface area (Å²) in [5, 5.41) is 3.41. The van der Waals surface area contributed by atoms with Gasteiger partial charge in [0.2, 0.25) is 0 Å². The molecule has 0 spiro atoms. The third-order valence-corrected chi connectivity index (χ3v) is 3.34. The number of halogens is 2. The molecule has 0 aliphatic heterocycles. The van der Waals surface area contributed by atoms with E-state index in [0.29, 0.717) is 0 Å². The Morgan fingerprint density at radius 1 is 1.00 bits per heavy atom. The largest absolute Gasteiger partial charge is 0.435 e. The van der Waals surface area contributed by atoms with Gasteiger partial charge >= 0.3 is 6.61 Å². The van der Waals surface area contributed by atoms with Crippen molar-refractivity contribution in [3.8, 4) is 5.75 Å². The van der Waals surface area contributed by atoms with Gasteiger partial charge in [0, 0.05) is 12.6 Å². The van der Waals surface area contributed by atoms with Crippen LogP contribution >= 0.6 is 0 Å². The van der Waals surface area contributed by atoms with Crippen molar-refractivity contribution in [1.82, 2.24) is 5.32 Å². The normalized spacial score (nSPS) is 12.4. The van der Waals surface area contributed by atoms with Crippen LogP contribution in [0.15, 0.2) is 48.5 Å². The van der Waals surface area contributed by atoms with Gasteiger partial charge in [-0.1, -0.05) is 42.0 Å². The fourth-order valence-corrected chi connectivity index (χ4v) is 2.03. The second kappa shape index (κ2) is 7.18. The molecule has 1 N–H and O–H groups in total. The Morgan fingerprint density at radius 3 is 2.19 bits per heavy atom. The Kier molecular flexibility index (Phi) is 5.28. The van der Waals surface area contributed by atoms with E-state index in [0.717, 1.165) is 12.1 Å². The fourth-order valence-electron chi connectivity index (χ4n) is 2.03. The van der Waals surface area contributed by atoms with E-state index in [2.05, 4.69) is 41.2 Å². The number of aryl methyl sites for hydroxylation is 1. The first-order chi connectivity index (χ1) is 10.0. The molecule has 0 amide bonds. The molecule has 4 heteroatoms. The van der Waals surface area contributed by atoms with Crippen LogP contribution < -0.4 is 10.1 Å². The first-order valence-corrected chi connectivity index (χ1v) is 6.88. The van der Waals surface area contributed by atoms with Gasteiger partial charge in [-0.25, -0.2) is 0 Å². The van der Waals surface area contributed by atoms with Gasteiger partial charge in [0.1, 0.15) is 5.75 Å². The average molecular weight is 291 g/mol. The maximum Gasteiger partial charge on any atom is 0.387 e. The van der Waals surface area contributed by atoms with Crippen LogP contribution in [0.1, 0.15) is 29.7 Å². The van der Waals surface area contributed by atoms with Gasteiger partial charge in [-0.3, -0.25) is 0 Å². The monoisotopic (exact) mass is 291 g/mol. The fraction of sp³-hybridized carbons (Fsp3) is 0.294. The second-order valence-corrected chi connectivity index (χ2v) is 5.04. The van der Waals surface area contributed by atoms with Gasteiger partial charge in [-0.05, 0) is 37.1 Å². The molecule has 2 aromatic carbocycles. The van der Waals surface area contributed by atoms with Crippen LogP contribution in [0.25, 0.3) is 0 Å². The minimum Gasteiger partial charge on any atom is -0.435 e. The Morgan fingerprint density at radius 2 is 1.62 bits per heavy atom. The second-order valence-electron chi connectivity index (χ2n) is 5.04. The first kappa shape index (κ1) is 15.4. The minimum absolute atomic E-state index is 0.131. The lowest BCUT2D eigenvalue weighted by molar-refractivity contribution is -0.0498. The number of rotatable bonds is 6. The Hall–Kier alpha value is -1.94. The molecular weight excluding hydrogens is 272 g/mol. The van der Waals surface area contributed by atoms with Crippen LogP contribution in [0, 0.1) is 6.92 Å². The lowest BCUT2D eigenvalue weighted by Gasteiger charge is -2.15. The minimum atomic E-state index is -2.78. The predicted molar refractivity (Wildman–Crippen MR) is 79.5 cm³/mol. The number of hydrogen-bond donors (Lipinski definition) is 1. The van der Waals surface area contributed by atoms with Crippen molar-refractivity contribution in [3.63, 3.8) is 0 Å². The van der Waals surface area contributed by atoms with Gasteiger partial charge in [-0.2, -0.15) is 8.78 Å². The van der Waals surface area contributed by atoms with Crippen molar-refractivity contribution in [3.05, 3.63) is 65.2 Å². The van der Waals surface area contributed by atoms with Crippen molar-refractivity contribution in [2.45, 2.75) is 33.0 Å². The maximum absolute atomic E-state index is 12.1. The van der Waals surface area contributed by atoms with Gasteiger partial charge in [0.15, 0.2) is 0 Å². The van der Waals surface area contributed by atoms with Crippen molar-refractivity contribution < 1.29 is 13.5 Å². The van der Waals surface area contributed by atoms with Gasteiger partial charge < -0.3 is 10.1 Å². The summed E-state index contributed by atoms with van der Waals surface area (Å²) in [6.45, 7) is 2.07. The van der Waals surface area contributed by atoms with E-state index in [1.807, 2.05) is 6.92 Å². The lowest BCUT2D eigenvalue weighted by Crippen LogP contribution is -2.18. The highest BCUT2D eigenvalue weighted by Gasteiger charge is 2.07. The van der Waals surface area contributed by atoms with E-state index in [4.69, 9.17) is 0 Å². The smallest absolute Gasteiger partial charge is 0.387 e. The molecule has 0 fully saturated rings. The number of ether oxygens (including phenoxy) is 1. The average Bonchev–Trinajstić information content (AvgIpc) is 2.46. The van der Waals surface area contributed by atoms with Crippen molar-refractivity contribution in [1.29, 1.82) is 0 Å². The van der Waals surface area contributed by atoms with Gasteiger partial charge in [-0.15, -0.1) is 0 Å². The molecule has 0 radical (unpaired) electrons. The lowest BCUT2D eigenvalue weighted by atomic mass is 10.1. The zero-order valence-electron chi connectivity index (χ0n) is 12.1. The van der Waals surface area contributed by atoms with Crippen LogP contribution in [0.3, 0.4) is 0 Å². The van der Waals surface area contributed by atoms with Crippen LogP contribution in [-0.4, -0.2) is 6.61 Å². The maximum atomic E-state index is 12.1. The quantitative estimate of drug-likeness (QED) is 0.849. The molecule has 0 aliphatic rings. The third kappa shape index (κ3) is 4.83. The SMILES string of the molecule is Cc1ccc(CNC(C)c2ccc(OC(F)F)cc2)cc1. The summed E-state index contributed by atoms with van der Waals surface area (Å²) in [5.74, 6) is 0.180. The summed E-state index contributed by atoms with van der Waals surface area (Å²) in [6, 6.07) is 15.2. The predicted octanol–water partition coefficient (Wildman–Crippen LogP) is 4.45. The highest BCUT2D eigenvalue weighted by atomic mass is 19.3. The zero-order valence-corrected chi connectivity index (χ0v) is 12.1. The highest BCUT2D eigenvalue weighted by Crippen LogP contribution is 2.19. The summed E-state index contributed by atoms with van der Waals surface area (Å²) >= 11 is 0. The van der Waals surface area contributed by atoms with Crippen molar-refractivity contribution in [2.24, 2.45) is 0 Å². The van der Waals surface area contributed by atoms with Gasteiger partial charge in [0.05, 0.1) is 0 Å². The van der Waals surface area contributed by atoms with Crippen LogP contribution in [0.5, 0.6) is 5.75 Å². The topological polar surface area (TPSA) is 21.3 Å². The number of nitrogens with one attached hydrogen (secondary N) is 1. The Labute approximate surface area is 123 Å². The number of benzene rings is 2. The summed E-state index contributed by atoms with van der Waals surface area (Å²) in [6.07, 6.45) is 0. The van der Waals surface area contributed by atoms with E-state index < -0.39 is 6.61 Å². The molecule has 2 rings (SSSR count). The molecule has 0 saturated carbocycles. The van der Waals surface area contributed by atoms with Crippen molar-refractivity contribution >= 4 is 0 Å². The van der Waals surface area contributed by atoms with E-state index in [1.165, 1.54) is 11.1 Å². The molecule has 1 atom stereocenters. The summed E-state index contributed by atoms with van der Waals surface area (Å²) < 4.78 is 28.5. The standard InChI is InChI=1S/C17H19F2NO/c1-12-3-5-14(6-4-12)11-20-13(2)15-7-9-16(10-8-15)21-17(18)19/h3-10,13,17,20H,11H2,1-2H3. The van der Waals surface area contributed by atoms with Crippen LogP contribution in [0.2, 0.25) is 0 Å². The summed E-state index contributed by atoms with van der Waals surface area (Å²) in [4.78, 5) is 0. The van der Waals surface area contributed by atoms with E-state index in [-0.39, 0.29) is 11.8 Å². The van der Waals surface area contributed by atoms with Crippen molar-refractivity contribution in [2.75, 3.05) is 0 Å². The summed E-state index contributed by atoms with van der Waals surface area (Å²) in [5.41, 5.74) is 3.48. The Balaban J connectivity index is 1.90. The zero-order chi connectivity index (χ0) is 15.2. The molecule has 0 bridgehead atoms. The molecule has 1 unspecified atom stereocenters. The summed E-state index contributed by atoms with van der Waals surface area (Å²) in [7, 11) is 0. The first-order valence-electron chi connectivity index (χ1n) is 6.88. The molecule has 0 heterocycles. The van der Waals surface area contributed by atoms with E-state index >= 15 is 0 Å². The molecular formula is C17H19F2NO. The van der Waals surface area contributed by atoms with Crippen LogP contribution in [-0.2, 0) is 6.54 Å². The molecule has 21 heavy (non-hydrogen) atoms. The highest BCUT2D eigenvalue weighted by molar-refractivity contribution is 5.29. The Bertz CT molecular complexity index is 552. The number of alkyl halides is 2. The van der Waals surface area contributed by atoms with E-state index in [9.17, 15) is 8.78 Å². The molecule has 2 aromatic rings. The third-order valence-electron chi connectivity index (χ3n) is 3.34. The molecule has 112 valence electrons. The van der Waals surface area contributed by atoms with Crippen LogP contribution in [0.4, 0.5) is 8.78 Å².